The summed E-state index contributed by atoms with van der Waals surface area (Å²) < 4.78 is 6.23. The zero-order chi connectivity index (χ0) is 15.6. The molecular weight excluding hydrogens is 312 g/mol. The summed E-state index contributed by atoms with van der Waals surface area (Å²) in [5.41, 5.74) is 1.25. The maximum Gasteiger partial charge on any atom is 0.232 e. The molecule has 0 unspecified atom stereocenters. The van der Waals surface area contributed by atoms with E-state index < -0.39 is 0 Å². The first-order chi connectivity index (χ1) is 11.3. The molecule has 2 aromatic heterocycles. The van der Waals surface area contributed by atoms with Gasteiger partial charge < -0.3 is 4.74 Å². The van der Waals surface area contributed by atoms with Crippen molar-refractivity contribution in [2.75, 3.05) is 13.1 Å². The topological polar surface area (TPSA) is 51.1 Å². The Bertz CT molecular complexity index is 643. The summed E-state index contributed by atoms with van der Waals surface area (Å²) in [6, 6.07) is 4.49. The molecule has 120 valence electrons. The Labute approximate surface area is 140 Å². The van der Waals surface area contributed by atoms with E-state index in [4.69, 9.17) is 16.3 Å². The molecule has 5 nitrogen and oxygen atoms in total. The van der Waals surface area contributed by atoms with E-state index in [1.165, 1.54) is 24.6 Å². The normalized spacial score (nSPS) is 29.4. The van der Waals surface area contributed by atoms with E-state index >= 15 is 0 Å². The van der Waals surface area contributed by atoms with Crippen LogP contribution in [0.15, 0.2) is 36.9 Å². The van der Waals surface area contributed by atoms with Crippen molar-refractivity contribution in [1.29, 1.82) is 0 Å². The average molecular weight is 331 g/mol. The maximum absolute atomic E-state index is 6.23. The Balaban J connectivity index is 1.55. The van der Waals surface area contributed by atoms with Crippen LogP contribution in [0.1, 0.15) is 18.4 Å². The van der Waals surface area contributed by atoms with Crippen LogP contribution in [0.2, 0.25) is 5.15 Å². The quantitative estimate of drug-likeness (QED) is 0.862. The number of nitrogens with zero attached hydrogens (tertiary/aromatic N) is 4. The number of rotatable bonds is 4. The first-order valence-electron chi connectivity index (χ1n) is 8.07. The van der Waals surface area contributed by atoms with Crippen molar-refractivity contribution in [3.63, 3.8) is 0 Å². The van der Waals surface area contributed by atoms with Crippen LogP contribution in [0.3, 0.4) is 0 Å². The molecule has 0 N–H and O–H groups in total. The predicted molar refractivity (Wildman–Crippen MR) is 87.5 cm³/mol. The summed E-state index contributed by atoms with van der Waals surface area (Å²) in [4.78, 5) is 15.1. The molecule has 0 saturated carbocycles. The third-order valence-electron chi connectivity index (χ3n) is 4.91. The van der Waals surface area contributed by atoms with Gasteiger partial charge in [0, 0.05) is 12.4 Å². The van der Waals surface area contributed by atoms with Crippen molar-refractivity contribution < 1.29 is 4.74 Å². The largest absolute Gasteiger partial charge is 0.471 e. The van der Waals surface area contributed by atoms with E-state index in [9.17, 15) is 0 Å². The molecule has 0 amide bonds. The van der Waals surface area contributed by atoms with Crippen molar-refractivity contribution >= 4 is 11.6 Å². The summed E-state index contributed by atoms with van der Waals surface area (Å²) in [5.74, 6) is 1.14. The van der Waals surface area contributed by atoms with Gasteiger partial charge in [-0.2, -0.15) is 0 Å². The number of fused-ring (bicyclic) bond motifs is 3. The van der Waals surface area contributed by atoms with Crippen molar-refractivity contribution in [3.8, 4) is 5.88 Å². The van der Waals surface area contributed by atoms with Crippen LogP contribution >= 0.6 is 11.6 Å². The number of piperidine rings is 3. The zero-order valence-electron chi connectivity index (χ0n) is 12.8. The van der Waals surface area contributed by atoms with Gasteiger partial charge in [-0.3, -0.25) is 9.88 Å². The van der Waals surface area contributed by atoms with Crippen molar-refractivity contribution in [2.24, 2.45) is 5.92 Å². The van der Waals surface area contributed by atoms with E-state index in [0.29, 0.717) is 23.0 Å². The molecule has 3 saturated heterocycles. The van der Waals surface area contributed by atoms with Gasteiger partial charge in [-0.05, 0) is 49.9 Å². The Morgan fingerprint density at radius 3 is 2.74 bits per heavy atom. The van der Waals surface area contributed by atoms with Crippen molar-refractivity contribution in [1.82, 2.24) is 19.9 Å². The van der Waals surface area contributed by atoms with Gasteiger partial charge in [-0.1, -0.05) is 17.7 Å². The molecule has 5 heterocycles. The van der Waals surface area contributed by atoms with E-state index in [0.717, 1.165) is 19.5 Å². The first-order valence-corrected chi connectivity index (χ1v) is 8.44. The number of aromatic nitrogens is 3. The van der Waals surface area contributed by atoms with E-state index in [1.54, 1.807) is 6.20 Å². The standard InChI is InChI=1S/C17H19ClN4O/c18-15-10-21-16(11-20-15)23-17-13-3-6-22(7-4-13)14(17)8-12-2-1-5-19-9-12/h1-2,5,9-11,13-14,17H,3-4,6-8H2/t14-,17+/m1/s1. The van der Waals surface area contributed by atoms with Gasteiger partial charge >= 0.3 is 0 Å². The molecule has 2 atom stereocenters. The molecule has 3 fully saturated rings. The lowest BCUT2D eigenvalue weighted by molar-refractivity contribution is -0.0597. The number of ether oxygens (including phenoxy) is 1. The van der Waals surface area contributed by atoms with Crippen LogP contribution in [0.4, 0.5) is 0 Å². The third-order valence-corrected chi connectivity index (χ3v) is 5.10. The van der Waals surface area contributed by atoms with Crippen LogP contribution in [-0.4, -0.2) is 45.1 Å². The van der Waals surface area contributed by atoms with Gasteiger partial charge in [-0.15, -0.1) is 0 Å². The minimum Gasteiger partial charge on any atom is -0.471 e. The summed E-state index contributed by atoms with van der Waals surface area (Å²) in [7, 11) is 0. The molecule has 2 aromatic rings. The Morgan fingerprint density at radius 1 is 1.17 bits per heavy atom. The Hall–Kier alpha value is -1.72. The number of hydrogen-bond acceptors (Lipinski definition) is 5. The molecule has 3 aliphatic rings. The lowest BCUT2D eigenvalue weighted by Gasteiger charge is -2.50. The molecule has 0 radical (unpaired) electrons. The lowest BCUT2D eigenvalue weighted by Crippen LogP contribution is -2.60. The average Bonchev–Trinajstić information content (AvgIpc) is 2.61. The summed E-state index contributed by atoms with van der Waals surface area (Å²) in [6.45, 7) is 2.31. The fraction of sp³-hybridized carbons (Fsp3) is 0.471. The van der Waals surface area contributed by atoms with E-state index in [1.807, 2.05) is 18.5 Å². The fourth-order valence-corrected chi connectivity index (χ4v) is 3.88. The molecular formula is C17H19ClN4O. The van der Waals surface area contributed by atoms with Gasteiger partial charge in [0.2, 0.25) is 5.88 Å². The minimum atomic E-state index is 0.146. The van der Waals surface area contributed by atoms with Crippen LogP contribution in [0.25, 0.3) is 0 Å². The van der Waals surface area contributed by atoms with Gasteiger partial charge in [0.25, 0.3) is 0 Å². The number of halogens is 1. The summed E-state index contributed by atoms with van der Waals surface area (Å²) in [5, 5.41) is 0.387. The first kappa shape index (κ1) is 14.8. The van der Waals surface area contributed by atoms with E-state index in [2.05, 4.69) is 25.9 Å². The van der Waals surface area contributed by atoms with Crippen LogP contribution < -0.4 is 4.74 Å². The zero-order valence-corrected chi connectivity index (χ0v) is 13.6. The monoisotopic (exact) mass is 330 g/mol. The van der Waals surface area contributed by atoms with Gasteiger partial charge in [-0.25, -0.2) is 9.97 Å². The highest BCUT2D eigenvalue weighted by Gasteiger charge is 2.43. The molecule has 5 rings (SSSR count). The third kappa shape index (κ3) is 3.16. The number of pyridine rings is 1. The second-order valence-corrected chi connectivity index (χ2v) is 6.65. The second-order valence-electron chi connectivity index (χ2n) is 6.27. The smallest absolute Gasteiger partial charge is 0.232 e. The van der Waals surface area contributed by atoms with Crippen LogP contribution in [0, 0.1) is 5.92 Å². The summed E-state index contributed by atoms with van der Waals surface area (Å²) >= 11 is 5.81. The predicted octanol–water partition coefficient (Wildman–Crippen LogP) is 2.61. The summed E-state index contributed by atoms with van der Waals surface area (Å²) in [6.07, 6.45) is 10.4. The van der Waals surface area contributed by atoms with Crippen molar-refractivity contribution in [3.05, 3.63) is 47.6 Å². The van der Waals surface area contributed by atoms with Crippen LogP contribution in [-0.2, 0) is 6.42 Å². The van der Waals surface area contributed by atoms with Crippen LogP contribution in [0.5, 0.6) is 5.88 Å². The van der Waals surface area contributed by atoms with Gasteiger partial charge in [0.05, 0.1) is 18.4 Å². The van der Waals surface area contributed by atoms with Gasteiger partial charge in [0.15, 0.2) is 0 Å². The Kier molecular flexibility index (Phi) is 4.14. The maximum atomic E-state index is 6.23. The Morgan fingerprint density at radius 2 is 2.04 bits per heavy atom. The molecule has 2 bridgehead atoms. The molecule has 0 aromatic carbocycles. The molecule has 3 aliphatic heterocycles. The fourth-order valence-electron chi connectivity index (χ4n) is 3.78. The second kappa shape index (κ2) is 6.42. The highest BCUT2D eigenvalue weighted by Crippen LogP contribution is 2.36. The molecule has 0 spiro atoms. The highest BCUT2D eigenvalue weighted by atomic mass is 35.5. The highest BCUT2D eigenvalue weighted by molar-refractivity contribution is 6.29. The lowest BCUT2D eigenvalue weighted by atomic mass is 9.78. The van der Waals surface area contributed by atoms with Gasteiger partial charge in [0.1, 0.15) is 11.3 Å². The number of hydrogen-bond donors (Lipinski definition) is 0. The van der Waals surface area contributed by atoms with E-state index in [-0.39, 0.29) is 6.10 Å². The molecule has 23 heavy (non-hydrogen) atoms. The SMILES string of the molecule is Clc1cnc(O[C@H]2C3CCN(CC3)[C@@H]2Cc2cccnc2)cn1. The minimum absolute atomic E-state index is 0.146. The van der Waals surface area contributed by atoms with Crippen molar-refractivity contribution in [2.45, 2.75) is 31.4 Å². The molecule has 6 heteroatoms. The molecule has 0 aliphatic carbocycles.